The van der Waals surface area contributed by atoms with E-state index in [0.717, 1.165) is 15.8 Å². The van der Waals surface area contributed by atoms with Crippen LogP contribution in [0.15, 0.2) is 81.3 Å². The van der Waals surface area contributed by atoms with Crippen molar-refractivity contribution in [2.75, 3.05) is 16.6 Å². The quantitative estimate of drug-likeness (QED) is 0.285. The number of furan rings is 1. The van der Waals surface area contributed by atoms with Crippen LogP contribution < -0.4 is 4.31 Å². The maximum absolute atomic E-state index is 13.7. The zero-order chi connectivity index (χ0) is 24.3. The standard InChI is InChI=1S/C25H18ClN3O4S2/c1-15(30)28-7-6-16-11-19(3-4-21(16)28)35(31,32)29-8-9-34-25-20(13-27-14-22(25)29)24-12-17-10-18(26)2-5-23(17)33-24/h2-7,10-14H,8-9H2,1H3. The molecule has 0 spiro atoms. The number of aromatic nitrogens is 2. The molecule has 2 aromatic carbocycles. The van der Waals surface area contributed by atoms with Gasteiger partial charge in [-0.3, -0.25) is 18.7 Å². The zero-order valence-corrected chi connectivity index (χ0v) is 20.8. The van der Waals surface area contributed by atoms with Crippen molar-refractivity contribution >= 4 is 66.9 Å². The van der Waals surface area contributed by atoms with Crippen LogP contribution in [0, 0.1) is 0 Å². The summed E-state index contributed by atoms with van der Waals surface area (Å²) in [5.41, 5.74) is 2.60. The van der Waals surface area contributed by atoms with Gasteiger partial charge in [0.25, 0.3) is 10.0 Å². The third-order valence-corrected chi connectivity index (χ3v) is 9.17. The lowest BCUT2D eigenvalue weighted by molar-refractivity contribution is 0.0941. The molecule has 0 amide bonds. The molecule has 1 aliphatic heterocycles. The Hall–Kier alpha value is -3.27. The molecule has 35 heavy (non-hydrogen) atoms. The molecule has 1 aliphatic rings. The molecule has 4 heterocycles. The molecule has 0 N–H and O–H groups in total. The number of rotatable bonds is 3. The first-order chi connectivity index (χ1) is 16.8. The Kier molecular flexibility index (Phi) is 5.17. The summed E-state index contributed by atoms with van der Waals surface area (Å²) in [6.45, 7) is 1.78. The molecule has 10 heteroatoms. The Morgan fingerprint density at radius 1 is 1.09 bits per heavy atom. The fourth-order valence-electron chi connectivity index (χ4n) is 4.37. The monoisotopic (exact) mass is 523 g/mol. The number of carbonyl (C=O) groups excluding carboxylic acids is 1. The summed E-state index contributed by atoms with van der Waals surface area (Å²) in [6.07, 6.45) is 4.91. The highest BCUT2D eigenvalue weighted by Crippen LogP contribution is 2.44. The fourth-order valence-corrected chi connectivity index (χ4v) is 7.32. The minimum absolute atomic E-state index is 0.135. The van der Waals surface area contributed by atoms with Crippen LogP contribution in [0.1, 0.15) is 11.7 Å². The number of hydrogen-bond donors (Lipinski definition) is 0. The second-order valence-electron chi connectivity index (χ2n) is 8.18. The van der Waals surface area contributed by atoms with E-state index in [1.165, 1.54) is 15.8 Å². The highest BCUT2D eigenvalue weighted by molar-refractivity contribution is 8.00. The van der Waals surface area contributed by atoms with E-state index >= 15 is 0 Å². The van der Waals surface area contributed by atoms with Gasteiger partial charge >= 0.3 is 0 Å². The molecule has 5 aromatic rings. The highest BCUT2D eigenvalue weighted by atomic mass is 35.5. The molecule has 7 nitrogen and oxygen atoms in total. The highest BCUT2D eigenvalue weighted by Gasteiger charge is 2.32. The van der Waals surface area contributed by atoms with E-state index < -0.39 is 10.0 Å². The number of pyridine rings is 1. The molecule has 0 saturated heterocycles. The summed E-state index contributed by atoms with van der Waals surface area (Å²) in [7, 11) is -3.87. The summed E-state index contributed by atoms with van der Waals surface area (Å²) in [4.78, 5) is 17.1. The van der Waals surface area contributed by atoms with Crippen LogP contribution in [-0.4, -0.2) is 36.2 Å². The normalized spacial score (nSPS) is 13.9. The maximum Gasteiger partial charge on any atom is 0.264 e. The van der Waals surface area contributed by atoms with E-state index in [1.807, 2.05) is 18.2 Å². The van der Waals surface area contributed by atoms with E-state index in [-0.39, 0.29) is 10.8 Å². The number of anilines is 1. The molecule has 0 atom stereocenters. The molecule has 3 aromatic heterocycles. The van der Waals surface area contributed by atoms with Crippen molar-refractivity contribution in [2.24, 2.45) is 0 Å². The van der Waals surface area contributed by atoms with Gasteiger partial charge in [-0.1, -0.05) is 11.6 Å². The first-order valence-electron chi connectivity index (χ1n) is 10.8. The lowest BCUT2D eigenvalue weighted by Gasteiger charge is -2.30. The summed E-state index contributed by atoms with van der Waals surface area (Å²) >= 11 is 7.69. The summed E-state index contributed by atoms with van der Waals surface area (Å²) < 4.78 is 36.4. The van der Waals surface area contributed by atoms with Crippen LogP contribution in [0.25, 0.3) is 33.2 Å². The van der Waals surface area contributed by atoms with Crippen LogP contribution in [0.3, 0.4) is 0 Å². The van der Waals surface area contributed by atoms with Crippen LogP contribution in [0.5, 0.6) is 0 Å². The number of hydrogen-bond acceptors (Lipinski definition) is 6. The summed E-state index contributed by atoms with van der Waals surface area (Å²) in [6, 6.07) is 13.8. The van der Waals surface area contributed by atoms with Crippen LogP contribution in [-0.2, 0) is 10.0 Å². The Morgan fingerprint density at radius 3 is 2.77 bits per heavy atom. The van der Waals surface area contributed by atoms with Gasteiger partial charge in [0.15, 0.2) is 0 Å². The van der Waals surface area contributed by atoms with Crippen molar-refractivity contribution < 1.29 is 17.6 Å². The van der Waals surface area contributed by atoms with E-state index in [9.17, 15) is 13.2 Å². The van der Waals surface area contributed by atoms with Crippen LogP contribution in [0.2, 0.25) is 5.02 Å². The fraction of sp³-hybridized carbons (Fsp3) is 0.120. The molecule has 0 saturated carbocycles. The van der Waals surface area contributed by atoms with Gasteiger partial charge < -0.3 is 4.42 Å². The average molecular weight is 524 g/mol. The molecule has 0 aliphatic carbocycles. The number of thioether (sulfide) groups is 1. The van der Waals surface area contributed by atoms with Crippen molar-refractivity contribution in [3.05, 3.63) is 72.1 Å². The molecule has 0 bridgehead atoms. The summed E-state index contributed by atoms with van der Waals surface area (Å²) in [5.74, 6) is 1.05. The number of benzene rings is 2. The van der Waals surface area contributed by atoms with Gasteiger partial charge in [0.05, 0.1) is 27.9 Å². The minimum Gasteiger partial charge on any atom is -0.456 e. The number of fused-ring (bicyclic) bond motifs is 3. The van der Waals surface area contributed by atoms with Gasteiger partial charge in [-0.25, -0.2) is 8.42 Å². The maximum atomic E-state index is 13.7. The Balaban J connectivity index is 1.44. The summed E-state index contributed by atoms with van der Waals surface area (Å²) in [5, 5.41) is 2.15. The minimum atomic E-state index is -3.87. The van der Waals surface area contributed by atoms with Crippen molar-refractivity contribution in [2.45, 2.75) is 16.7 Å². The largest absolute Gasteiger partial charge is 0.456 e. The van der Waals surface area contributed by atoms with Gasteiger partial charge in [0, 0.05) is 52.3 Å². The van der Waals surface area contributed by atoms with E-state index in [0.29, 0.717) is 45.3 Å². The van der Waals surface area contributed by atoms with Crippen LogP contribution in [0.4, 0.5) is 5.69 Å². The van der Waals surface area contributed by atoms with Crippen molar-refractivity contribution in [3.8, 4) is 11.3 Å². The predicted molar refractivity (Wildman–Crippen MR) is 138 cm³/mol. The SMILES string of the molecule is CC(=O)n1ccc2cc(S(=O)(=O)N3CCSc4c(-c5cc6cc(Cl)ccc6o5)cncc43)ccc21. The third kappa shape index (κ3) is 3.62. The smallest absolute Gasteiger partial charge is 0.264 e. The number of nitrogens with zero attached hydrogens (tertiary/aromatic N) is 3. The van der Waals surface area contributed by atoms with Crippen molar-refractivity contribution in [1.82, 2.24) is 9.55 Å². The van der Waals surface area contributed by atoms with Gasteiger partial charge in [-0.05, 0) is 48.5 Å². The molecular formula is C25H18ClN3O4S2. The van der Waals surface area contributed by atoms with E-state index in [1.54, 1.807) is 60.7 Å². The molecule has 6 rings (SSSR count). The average Bonchev–Trinajstić information content (AvgIpc) is 3.46. The lowest BCUT2D eigenvalue weighted by atomic mass is 10.2. The zero-order valence-electron chi connectivity index (χ0n) is 18.4. The predicted octanol–water partition coefficient (Wildman–Crippen LogP) is 6.06. The molecular weight excluding hydrogens is 506 g/mol. The Bertz CT molecular complexity index is 1760. The van der Waals surface area contributed by atoms with Crippen molar-refractivity contribution in [3.63, 3.8) is 0 Å². The topological polar surface area (TPSA) is 85.4 Å². The second-order valence-corrected chi connectivity index (χ2v) is 11.6. The van der Waals surface area contributed by atoms with Crippen molar-refractivity contribution in [1.29, 1.82) is 0 Å². The van der Waals surface area contributed by atoms with Gasteiger partial charge in [0.1, 0.15) is 11.3 Å². The Morgan fingerprint density at radius 2 is 1.94 bits per heavy atom. The number of halogens is 1. The van der Waals surface area contributed by atoms with Gasteiger partial charge in [0.2, 0.25) is 5.91 Å². The van der Waals surface area contributed by atoms with Crippen LogP contribution >= 0.6 is 23.4 Å². The Labute approximate surface area is 210 Å². The van der Waals surface area contributed by atoms with Gasteiger partial charge in [-0.15, -0.1) is 11.8 Å². The lowest BCUT2D eigenvalue weighted by Crippen LogP contribution is -2.35. The molecule has 0 radical (unpaired) electrons. The molecule has 176 valence electrons. The third-order valence-electron chi connectivity index (χ3n) is 6.02. The second kappa shape index (κ2) is 8.15. The number of sulfonamides is 1. The first-order valence-corrected chi connectivity index (χ1v) is 13.6. The van der Waals surface area contributed by atoms with Gasteiger partial charge in [-0.2, -0.15) is 0 Å². The molecule has 0 fully saturated rings. The first kappa shape index (κ1) is 22.2. The van der Waals surface area contributed by atoms with E-state index in [2.05, 4.69) is 4.98 Å². The number of carbonyl (C=O) groups is 1. The van der Waals surface area contributed by atoms with E-state index in [4.69, 9.17) is 16.0 Å². The molecule has 0 unspecified atom stereocenters.